The van der Waals surface area contributed by atoms with Crippen LogP contribution in [-0.4, -0.2) is 38.4 Å². The number of nitro benzene ring substituents is 1. The average molecular weight is 323 g/mol. The Labute approximate surface area is 127 Å². The number of nitro groups is 1. The highest BCUT2D eigenvalue weighted by Gasteiger charge is 2.16. The second-order valence-electron chi connectivity index (χ2n) is 3.93. The monoisotopic (exact) mass is 322 g/mol. The fourth-order valence-electron chi connectivity index (χ4n) is 1.47. The standard InChI is InChI=1S/C12H16Cl2N2O4/c1-19-5-6-20-4-2-3-15-11-7-9(13)10(14)8-12(11)16(17)18/h7-8,15H,2-6H2,1H3. The highest BCUT2D eigenvalue weighted by atomic mass is 35.5. The smallest absolute Gasteiger partial charge is 0.293 e. The Balaban J connectivity index is 2.47. The number of ether oxygens (including phenoxy) is 2. The van der Waals surface area contributed by atoms with Gasteiger partial charge in [0.05, 0.1) is 28.2 Å². The van der Waals surface area contributed by atoms with Gasteiger partial charge in [0.15, 0.2) is 0 Å². The molecule has 0 heterocycles. The second kappa shape index (κ2) is 8.97. The van der Waals surface area contributed by atoms with E-state index in [9.17, 15) is 10.1 Å². The van der Waals surface area contributed by atoms with E-state index in [0.717, 1.165) is 0 Å². The topological polar surface area (TPSA) is 73.6 Å². The molecule has 0 bridgehead atoms. The Hall–Kier alpha value is -1.08. The third-order valence-corrected chi connectivity index (χ3v) is 3.17. The number of anilines is 1. The Kier molecular flexibility index (Phi) is 7.61. The summed E-state index contributed by atoms with van der Waals surface area (Å²) in [6, 6.07) is 2.69. The summed E-state index contributed by atoms with van der Waals surface area (Å²) < 4.78 is 10.1. The lowest BCUT2D eigenvalue weighted by molar-refractivity contribution is -0.383. The van der Waals surface area contributed by atoms with Gasteiger partial charge in [0.2, 0.25) is 0 Å². The van der Waals surface area contributed by atoms with Gasteiger partial charge in [-0.1, -0.05) is 23.2 Å². The predicted molar refractivity (Wildman–Crippen MR) is 78.9 cm³/mol. The summed E-state index contributed by atoms with van der Waals surface area (Å²) in [5.74, 6) is 0. The van der Waals surface area contributed by atoms with E-state index in [-0.39, 0.29) is 15.7 Å². The number of halogens is 2. The summed E-state index contributed by atoms with van der Waals surface area (Å²) in [7, 11) is 1.61. The van der Waals surface area contributed by atoms with Gasteiger partial charge in [0, 0.05) is 26.3 Å². The number of hydrogen-bond donors (Lipinski definition) is 1. The molecule has 0 radical (unpaired) electrons. The summed E-state index contributed by atoms with van der Waals surface area (Å²) in [6.45, 7) is 2.16. The van der Waals surface area contributed by atoms with Gasteiger partial charge < -0.3 is 14.8 Å². The largest absolute Gasteiger partial charge is 0.382 e. The molecule has 0 aliphatic carbocycles. The van der Waals surface area contributed by atoms with Crippen molar-refractivity contribution in [3.8, 4) is 0 Å². The summed E-state index contributed by atoms with van der Waals surface area (Å²) in [4.78, 5) is 10.4. The Bertz CT molecular complexity index is 457. The molecule has 8 heteroatoms. The van der Waals surface area contributed by atoms with Crippen molar-refractivity contribution in [2.75, 3.05) is 38.8 Å². The molecule has 0 fully saturated rings. The van der Waals surface area contributed by atoms with Crippen LogP contribution in [0, 0.1) is 10.1 Å². The van der Waals surface area contributed by atoms with Crippen molar-refractivity contribution in [2.24, 2.45) is 0 Å². The zero-order valence-corrected chi connectivity index (χ0v) is 12.5. The number of rotatable bonds is 9. The van der Waals surface area contributed by atoms with Crippen LogP contribution in [0.4, 0.5) is 11.4 Å². The molecule has 0 aromatic heterocycles. The van der Waals surface area contributed by atoms with E-state index in [1.165, 1.54) is 12.1 Å². The van der Waals surface area contributed by atoms with E-state index in [0.29, 0.717) is 38.5 Å². The third kappa shape index (κ3) is 5.50. The summed E-state index contributed by atoms with van der Waals surface area (Å²) in [5, 5.41) is 14.3. The molecule has 0 saturated carbocycles. The highest BCUT2D eigenvalue weighted by Crippen LogP contribution is 2.33. The number of methoxy groups -OCH3 is 1. The fourth-order valence-corrected chi connectivity index (χ4v) is 1.79. The molecule has 1 aromatic carbocycles. The molecule has 20 heavy (non-hydrogen) atoms. The molecule has 0 saturated heterocycles. The van der Waals surface area contributed by atoms with Gasteiger partial charge in [-0.25, -0.2) is 0 Å². The van der Waals surface area contributed by atoms with E-state index in [4.69, 9.17) is 32.7 Å². The van der Waals surface area contributed by atoms with Crippen LogP contribution in [0.2, 0.25) is 10.0 Å². The van der Waals surface area contributed by atoms with Gasteiger partial charge in [-0.3, -0.25) is 10.1 Å². The zero-order valence-electron chi connectivity index (χ0n) is 11.0. The van der Waals surface area contributed by atoms with E-state index in [1.807, 2.05) is 0 Å². The highest BCUT2D eigenvalue weighted by molar-refractivity contribution is 6.42. The van der Waals surface area contributed by atoms with E-state index < -0.39 is 4.92 Å². The maximum Gasteiger partial charge on any atom is 0.293 e. The van der Waals surface area contributed by atoms with Crippen LogP contribution < -0.4 is 5.32 Å². The first-order valence-corrected chi connectivity index (χ1v) is 6.76. The van der Waals surface area contributed by atoms with Crippen molar-refractivity contribution in [3.63, 3.8) is 0 Å². The van der Waals surface area contributed by atoms with Gasteiger partial charge in [0.25, 0.3) is 5.69 Å². The first-order chi connectivity index (χ1) is 9.56. The molecule has 1 aromatic rings. The van der Waals surface area contributed by atoms with Crippen molar-refractivity contribution in [1.29, 1.82) is 0 Å². The quantitative estimate of drug-likeness (QED) is 0.428. The van der Waals surface area contributed by atoms with Gasteiger partial charge in [0.1, 0.15) is 5.69 Å². The molecule has 112 valence electrons. The lowest BCUT2D eigenvalue weighted by Crippen LogP contribution is -2.09. The maximum absolute atomic E-state index is 10.9. The fraction of sp³-hybridized carbons (Fsp3) is 0.500. The van der Waals surface area contributed by atoms with Crippen LogP contribution in [0.1, 0.15) is 6.42 Å². The van der Waals surface area contributed by atoms with Crippen molar-refractivity contribution in [2.45, 2.75) is 6.42 Å². The van der Waals surface area contributed by atoms with Gasteiger partial charge in [-0.2, -0.15) is 0 Å². The minimum Gasteiger partial charge on any atom is -0.382 e. The van der Waals surface area contributed by atoms with E-state index in [1.54, 1.807) is 7.11 Å². The predicted octanol–water partition coefficient (Wildman–Crippen LogP) is 3.37. The summed E-state index contributed by atoms with van der Waals surface area (Å²) in [5.41, 5.74) is 0.251. The van der Waals surface area contributed by atoms with Gasteiger partial charge in [-0.05, 0) is 12.5 Å². The first kappa shape index (κ1) is 17.0. The van der Waals surface area contributed by atoms with Gasteiger partial charge >= 0.3 is 0 Å². The van der Waals surface area contributed by atoms with E-state index in [2.05, 4.69) is 5.32 Å². The summed E-state index contributed by atoms with van der Waals surface area (Å²) >= 11 is 11.6. The molecule has 6 nitrogen and oxygen atoms in total. The number of hydrogen-bond acceptors (Lipinski definition) is 5. The lowest BCUT2D eigenvalue weighted by Gasteiger charge is -2.08. The van der Waals surface area contributed by atoms with Crippen molar-refractivity contribution in [1.82, 2.24) is 0 Å². The van der Waals surface area contributed by atoms with Crippen LogP contribution in [0.3, 0.4) is 0 Å². The van der Waals surface area contributed by atoms with Crippen molar-refractivity contribution < 1.29 is 14.4 Å². The molecule has 1 rings (SSSR count). The number of nitrogens with one attached hydrogen (secondary N) is 1. The molecule has 0 amide bonds. The van der Waals surface area contributed by atoms with E-state index >= 15 is 0 Å². The molecular formula is C12H16Cl2N2O4. The van der Waals surface area contributed by atoms with Gasteiger partial charge in [-0.15, -0.1) is 0 Å². The van der Waals surface area contributed by atoms with Crippen LogP contribution in [0.5, 0.6) is 0 Å². The Morgan fingerprint density at radius 1 is 1.25 bits per heavy atom. The van der Waals surface area contributed by atoms with Crippen molar-refractivity contribution >= 4 is 34.6 Å². The van der Waals surface area contributed by atoms with Crippen LogP contribution in [0.25, 0.3) is 0 Å². The second-order valence-corrected chi connectivity index (χ2v) is 4.74. The van der Waals surface area contributed by atoms with Crippen LogP contribution in [-0.2, 0) is 9.47 Å². The normalized spacial score (nSPS) is 10.6. The molecule has 0 atom stereocenters. The first-order valence-electron chi connectivity index (χ1n) is 6.00. The molecule has 0 aliphatic heterocycles. The molecular weight excluding hydrogens is 307 g/mol. The SMILES string of the molecule is COCCOCCCNc1cc(Cl)c(Cl)cc1[N+](=O)[O-]. The number of benzene rings is 1. The lowest BCUT2D eigenvalue weighted by atomic mass is 10.2. The van der Waals surface area contributed by atoms with Crippen LogP contribution in [0.15, 0.2) is 12.1 Å². The molecule has 0 spiro atoms. The molecule has 0 unspecified atom stereocenters. The number of nitrogens with zero attached hydrogens (tertiary/aromatic N) is 1. The minimum absolute atomic E-state index is 0.0975. The zero-order chi connectivity index (χ0) is 15.0. The maximum atomic E-state index is 10.9. The van der Waals surface area contributed by atoms with Crippen molar-refractivity contribution in [3.05, 3.63) is 32.3 Å². The Morgan fingerprint density at radius 2 is 1.95 bits per heavy atom. The Morgan fingerprint density at radius 3 is 2.60 bits per heavy atom. The minimum atomic E-state index is -0.500. The summed E-state index contributed by atoms with van der Waals surface area (Å²) in [6.07, 6.45) is 0.709. The molecule has 1 N–H and O–H groups in total. The van der Waals surface area contributed by atoms with Crippen LogP contribution >= 0.6 is 23.2 Å². The molecule has 0 aliphatic rings. The average Bonchev–Trinajstić information content (AvgIpc) is 2.41. The third-order valence-electron chi connectivity index (χ3n) is 2.45.